The van der Waals surface area contributed by atoms with Gasteiger partial charge in [-0.05, 0) is 56.2 Å². The number of benzene rings is 1. The van der Waals surface area contributed by atoms with Crippen LogP contribution < -0.4 is 15.5 Å². The molecule has 0 amide bonds. The summed E-state index contributed by atoms with van der Waals surface area (Å²) in [4.78, 5) is 7.15. The lowest BCUT2D eigenvalue weighted by atomic mass is 9.84. The Bertz CT molecular complexity index is 657. The first-order valence-corrected chi connectivity index (χ1v) is 11.3. The molecular weight excluding hydrogens is 507 g/mol. The predicted molar refractivity (Wildman–Crippen MR) is 136 cm³/mol. The number of aliphatic imine (C=N–C) groups is 1. The Hall–Kier alpha value is -1.10. The van der Waals surface area contributed by atoms with Gasteiger partial charge in [-0.3, -0.25) is 0 Å². The van der Waals surface area contributed by atoms with Crippen LogP contribution in [0.1, 0.15) is 38.2 Å². The zero-order chi connectivity index (χ0) is 21.2. The smallest absolute Gasteiger partial charge is 0.191 e. The highest BCUT2D eigenvalue weighted by atomic mass is 127. The third-order valence-electron chi connectivity index (χ3n) is 6.40. The van der Waals surface area contributed by atoms with Crippen molar-refractivity contribution in [3.8, 4) is 0 Å². The molecule has 3 rings (SSSR count). The standard InChI is InChI=1S/C23H38N4O3.HI/c1-2-24-22(26-17-23(9-13-28)10-14-30-18-23)25-15-19-3-5-21(6-4-19)27-11-7-20(16-29)8-12-27;/h3-6,20,28-29H,2,7-18H2,1H3,(H2,24,25,26);1H. The fourth-order valence-electron chi connectivity index (χ4n) is 4.28. The molecule has 0 aliphatic carbocycles. The molecule has 2 aliphatic heterocycles. The highest BCUT2D eigenvalue weighted by molar-refractivity contribution is 14.0. The number of anilines is 1. The number of aliphatic hydroxyl groups excluding tert-OH is 2. The number of nitrogens with zero attached hydrogens (tertiary/aromatic N) is 2. The molecule has 0 aromatic heterocycles. The molecule has 2 saturated heterocycles. The summed E-state index contributed by atoms with van der Waals surface area (Å²) in [6.07, 6.45) is 3.83. The Labute approximate surface area is 203 Å². The monoisotopic (exact) mass is 546 g/mol. The van der Waals surface area contributed by atoms with E-state index in [9.17, 15) is 10.2 Å². The van der Waals surface area contributed by atoms with Gasteiger partial charge in [-0.15, -0.1) is 24.0 Å². The maximum atomic E-state index is 9.41. The maximum absolute atomic E-state index is 9.41. The van der Waals surface area contributed by atoms with Crippen molar-refractivity contribution in [2.45, 2.75) is 39.2 Å². The fraction of sp³-hybridized carbons (Fsp3) is 0.696. The molecule has 7 nitrogen and oxygen atoms in total. The molecule has 1 unspecified atom stereocenters. The van der Waals surface area contributed by atoms with E-state index in [1.54, 1.807) is 0 Å². The number of halogens is 1. The minimum Gasteiger partial charge on any atom is -0.396 e. The average molecular weight is 546 g/mol. The first kappa shape index (κ1) is 26.2. The maximum Gasteiger partial charge on any atom is 0.191 e. The van der Waals surface area contributed by atoms with Crippen LogP contribution in [0.2, 0.25) is 0 Å². The van der Waals surface area contributed by atoms with Crippen molar-refractivity contribution in [2.24, 2.45) is 16.3 Å². The van der Waals surface area contributed by atoms with Crippen LogP contribution >= 0.6 is 24.0 Å². The molecule has 2 aliphatic rings. The summed E-state index contributed by atoms with van der Waals surface area (Å²) < 4.78 is 5.58. The van der Waals surface area contributed by atoms with E-state index in [4.69, 9.17) is 9.73 Å². The Kier molecular flexibility index (Phi) is 11.3. The van der Waals surface area contributed by atoms with E-state index in [-0.39, 0.29) is 36.0 Å². The zero-order valence-corrected chi connectivity index (χ0v) is 21.0. The van der Waals surface area contributed by atoms with Gasteiger partial charge in [0.1, 0.15) is 0 Å². The van der Waals surface area contributed by atoms with E-state index in [0.717, 1.165) is 64.4 Å². The third-order valence-corrected chi connectivity index (χ3v) is 6.40. The second-order valence-corrected chi connectivity index (χ2v) is 8.60. The van der Waals surface area contributed by atoms with Gasteiger partial charge in [-0.2, -0.15) is 0 Å². The molecule has 0 spiro atoms. The van der Waals surface area contributed by atoms with E-state index in [0.29, 0.717) is 25.7 Å². The minimum absolute atomic E-state index is 0. The van der Waals surface area contributed by atoms with Crippen molar-refractivity contribution in [3.05, 3.63) is 29.8 Å². The highest BCUT2D eigenvalue weighted by Gasteiger charge is 2.34. The third kappa shape index (κ3) is 7.76. The molecule has 2 heterocycles. The normalized spacial score (nSPS) is 22.3. The van der Waals surface area contributed by atoms with Crippen LogP contribution in [0.4, 0.5) is 5.69 Å². The van der Waals surface area contributed by atoms with Gasteiger partial charge in [0.05, 0.1) is 13.2 Å². The number of hydrogen-bond acceptors (Lipinski definition) is 5. The summed E-state index contributed by atoms with van der Waals surface area (Å²) in [5, 5.41) is 25.5. The van der Waals surface area contributed by atoms with Gasteiger partial charge in [0.2, 0.25) is 0 Å². The largest absolute Gasteiger partial charge is 0.396 e. The van der Waals surface area contributed by atoms with E-state index >= 15 is 0 Å². The number of nitrogens with one attached hydrogen (secondary N) is 2. The molecular formula is C23H39IN4O3. The Morgan fingerprint density at radius 1 is 1.19 bits per heavy atom. The number of aliphatic hydroxyl groups is 2. The van der Waals surface area contributed by atoms with Gasteiger partial charge in [0.15, 0.2) is 5.96 Å². The van der Waals surface area contributed by atoms with Crippen molar-refractivity contribution < 1.29 is 14.9 Å². The van der Waals surface area contributed by atoms with Crippen LogP contribution in [0, 0.1) is 11.3 Å². The second-order valence-electron chi connectivity index (χ2n) is 8.60. The molecule has 1 atom stereocenters. The zero-order valence-electron chi connectivity index (χ0n) is 18.7. The fourth-order valence-corrected chi connectivity index (χ4v) is 4.28. The van der Waals surface area contributed by atoms with E-state index in [1.807, 2.05) is 0 Å². The Morgan fingerprint density at radius 2 is 1.94 bits per heavy atom. The summed E-state index contributed by atoms with van der Waals surface area (Å²) in [7, 11) is 0. The highest BCUT2D eigenvalue weighted by Crippen LogP contribution is 2.31. The predicted octanol–water partition coefficient (Wildman–Crippen LogP) is 2.36. The molecule has 2 fully saturated rings. The second kappa shape index (κ2) is 13.4. The summed E-state index contributed by atoms with van der Waals surface area (Å²) >= 11 is 0. The van der Waals surface area contributed by atoms with Gasteiger partial charge in [0.25, 0.3) is 0 Å². The van der Waals surface area contributed by atoms with E-state index < -0.39 is 0 Å². The summed E-state index contributed by atoms with van der Waals surface area (Å²) in [5.41, 5.74) is 2.42. The quantitative estimate of drug-likeness (QED) is 0.216. The van der Waals surface area contributed by atoms with Crippen molar-refractivity contribution in [2.75, 3.05) is 57.5 Å². The first-order chi connectivity index (χ1) is 14.7. The molecule has 31 heavy (non-hydrogen) atoms. The molecule has 8 heteroatoms. The SMILES string of the molecule is CCNC(=NCc1ccc(N2CCC(CO)CC2)cc1)NCC1(CCO)CCOC1.I. The summed E-state index contributed by atoms with van der Waals surface area (Å²) in [6, 6.07) is 8.66. The lowest BCUT2D eigenvalue weighted by Crippen LogP contribution is -2.44. The minimum atomic E-state index is -0.00390. The molecule has 0 saturated carbocycles. The van der Waals surface area contributed by atoms with Crippen LogP contribution in [-0.4, -0.2) is 68.8 Å². The first-order valence-electron chi connectivity index (χ1n) is 11.3. The van der Waals surface area contributed by atoms with Crippen LogP contribution in [0.15, 0.2) is 29.3 Å². The summed E-state index contributed by atoms with van der Waals surface area (Å²) in [5.74, 6) is 1.26. The summed E-state index contributed by atoms with van der Waals surface area (Å²) in [6.45, 7) is 8.20. The molecule has 4 N–H and O–H groups in total. The van der Waals surface area contributed by atoms with Crippen molar-refractivity contribution in [1.29, 1.82) is 0 Å². The van der Waals surface area contributed by atoms with Gasteiger partial charge >= 0.3 is 0 Å². The molecule has 0 radical (unpaired) electrons. The Balaban J connectivity index is 0.00000341. The van der Waals surface area contributed by atoms with Crippen LogP contribution in [0.25, 0.3) is 0 Å². The number of hydrogen-bond donors (Lipinski definition) is 4. The molecule has 0 bridgehead atoms. The topological polar surface area (TPSA) is 89.4 Å². The van der Waals surface area contributed by atoms with Crippen LogP contribution in [0.5, 0.6) is 0 Å². The van der Waals surface area contributed by atoms with Gasteiger partial charge in [-0.25, -0.2) is 4.99 Å². The van der Waals surface area contributed by atoms with Gasteiger partial charge in [0, 0.05) is 57.1 Å². The number of piperidine rings is 1. The lowest BCUT2D eigenvalue weighted by molar-refractivity contribution is 0.127. The number of guanidine groups is 1. The van der Waals surface area contributed by atoms with Crippen molar-refractivity contribution in [3.63, 3.8) is 0 Å². The molecule has 1 aromatic rings. The van der Waals surface area contributed by atoms with Crippen molar-refractivity contribution >= 4 is 35.6 Å². The lowest BCUT2D eigenvalue weighted by Gasteiger charge is -2.32. The van der Waals surface area contributed by atoms with E-state index in [1.165, 1.54) is 11.3 Å². The van der Waals surface area contributed by atoms with Crippen LogP contribution in [-0.2, 0) is 11.3 Å². The van der Waals surface area contributed by atoms with Crippen molar-refractivity contribution in [1.82, 2.24) is 10.6 Å². The Morgan fingerprint density at radius 3 is 2.52 bits per heavy atom. The van der Waals surface area contributed by atoms with E-state index in [2.05, 4.69) is 46.7 Å². The molecule has 1 aromatic carbocycles. The van der Waals surface area contributed by atoms with Crippen LogP contribution in [0.3, 0.4) is 0 Å². The average Bonchev–Trinajstić information content (AvgIpc) is 3.25. The number of ether oxygens (including phenoxy) is 1. The van der Waals surface area contributed by atoms with Gasteiger partial charge in [-0.1, -0.05) is 12.1 Å². The molecule has 176 valence electrons. The number of rotatable bonds is 9. The van der Waals surface area contributed by atoms with Gasteiger partial charge < -0.3 is 30.5 Å².